The number of pyridine rings is 1. The van der Waals surface area contributed by atoms with Crippen LogP contribution in [0.3, 0.4) is 0 Å². The number of imidazole rings is 1. The van der Waals surface area contributed by atoms with Crippen molar-refractivity contribution in [3.05, 3.63) is 36.3 Å². The Morgan fingerprint density at radius 3 is 2.78 bits per heavy atom. The summed E-state index contributed by atoms with van der Waals surface area (Å²) >= 11 is 0. The first-order chi connectivity index (χ1) is 17.3. The number of aromatic nitrogens is 3. The molecule has 11 nitrogen and oxygen atoms in total. The number of amides is 4. The quantitative estimate of drug-likeness (QED) is 0.530. The third-order valence-corrected chi connectivity index (χ3v) is 7.09. The molecule has 4 heterocycles. The molecule has 2 aliphatic heterocycles. The number of nitrogens with zero attached hydrogens (tertiary/aromatic N) is 5. The number of likely N-dealkylation sites (tertiary alicyclic amines) is 1. The monoisotopic (exact) mass is 497 g/mol. The molecule has 4 amide bonds. The molecule has 4 rings (SSSR count). The van der Waals surface area contributed by atoms with Crippen LogP contribution in [0.4, 0.5) is 16.6 Å². The average Bonchev–Trinajstić information content (AvgIpc) is 3.30. The third kappa shape index (κ3) is 5.20. The fourth-order valence-electron chi connectivity index (χ4n) is 5.16. The van der Waals surface area contributed by atoms with Crippen molar-refractivity contribution in [1.82, 2.24) is 24.8 Å². The molecule has 0 saturated carbocycles. The minimum Gasteiger partial charge on any atom is -0.384 e. The highest BCUT2D eigenvalue weighted by Gasteiger charge is 2.55. The first-order valence-electron chi connectivity index (χ1n) is 12.5. The van der Waals surface area contributed by atoms with Gasteiger partial charge in [-0.3, -0.25) is 19.4 Å². The molecule has 0 aliphatic carbocycles. The van der Waals surface area contributed by atoms with Gasteiger partial charge in [0.05, 0.1) is 12.5 Å². The summed E-state index contributed by atoms with van der Waals surface area (Å²) in [6, 6.07) is 1.81. The van der Waals surface area contributed by atoms with Crippen molar-refractivity contribution in [2.75, 3.05) is 30.9 Å². The van der Waals surface area contributed by atoms with Gasteiger partial charge in [-0.05, 0) is 43.4 Å². The number of anilines is 2. The predicted molar refractivity (Wildman–Crippen MR) is 134 cm³/mol. The average molecular weight is 498 g/mol. The molecule has 2 aliphatic rings. The Morgan fingerprint density at radius 2 is 2.14 bits per heavy atom. The molecule has 0 radical (unpaired) electrons. The highest BCUT2D eigenvalue weighted by Crippen LogP contribution is 2.33. The van der Waals surface area contributed by atoms with Gasteiger partial charge in [-0.1, -0.05) is 13.3 Å². The topological polar surface area (TPSA) is 136 Å². The summed E-state index contributed by atoms with van der Waals surface area (Å²) in [5.41, 5.74) is 6.59. The molecule has 1 unspecified atom stereocenters. The third-order valence-electron chi connectivity index (χ3n) is 7.09. The number of likely N-dealkylation sites (N-methyl/N-ethyl adjacent to an activating group) is 1. The number of β-lactam (4-membered cyclic amide) rings is 1. The van der Waals surface area contributed by atoms with Crippen LogP contribution in [0.25, 0.3) is 0 Å². The first kappa shape index (κ1) is 25.6. The lowest BCUT2D eigenvalue weighted by Gasteiger charge is -2.46. The lowest BCUT2D eigenvalue weighted by Crippen LogP contribution is -2.71. The van der Waals surface area contributed by atoms with Crippen LogP contribution in [0.1, 0.15) is 38.2 Å². The molecule has 11 heteroatoms. The molecule has 0 bridgehead atoms. The van der Waals surface area contributed by atoms with Crippen molar-refractivity contribution in [1.29, 1.82) is 0 Å². The second-order valence-corrected chi connectivity index (χ2v) is 9.61. The molecule has 0 aromatic carbocycles. The molecular weight excluding hydrogens is 462 g/mol. The number of carbonyl (C=O) groups excluding carboxylic acids is 3. The summed E-state index contributed by atoms with van der Waals surface area (Å²) in [7, 11) is 3.38. The second kappa shape index (κ2) is 11.1. The second-order valence-electron chi connectivity index (χ2n) is 9.61. The normalized spacial score (nSPS) is 22.6. The Hall–Kier alpha value is -3.47. The van der Waals surface area contributed by atoms with E-state index in [-0.39, 0.29) is 30.2 Å². The van der Waals surface area contributed by atoms with Gasteiger partial charge >= 0.3 is 6.03 Å². The number of aryl methyl sites for hydroxylation is 1. The largest absolute Gasteiger partial charge is 0.384 e. The van der Waals surface area contributed by atoms with Crippen LogP contribution in [0.5, 0.6) is 0 Å². The van der Waals surface area contributed by atoms with Gasteiger partial charge in [0.2, 0.25) is 11.9 Å². The number of hydrogen-bond donors (Lipinski definition) is 2. The highest BCUT2D eigenvalue weighted by molar-refractivity contribution is 6.12. The van der Waals surface area contributed by atoms with Crippen molar-refractivity contribution in [2.45, 2.75) is 51.1 Å². The van der Waals surface area contributed by atoms with Gasteiger partial charge in [0.1, 0.15) is 11.9 Å². The molecule has 2 aromatic heterocycles. The van der Waals surface area contributed by atoms with Crippen LogP contribution in [0, 0.1) is 11.8 Å². The smallest absolute Gasteiger partial charge is 0.325 e. The van der Waals surface area contributed by atoms with Crippen molar-refractivity contribution in [2.24, 2.45) is 18.9 Å². The van der Waals surface area contributed by atoms with Crippen LogP contribution in [0.2, 0.25) is 0 Å². The standard InChI is InChI=1S/C25H35N7O4/c1-4-6-19(17-7-5-12-36-15-17)29-25(35)32-21(23(34)31(3)24-28-10-11-30(24)2)18(22(32)33)13-16-8-9-27-20(26)14-16/h8-11,14,17-19,21H,4-7,12-13,15H2,1-3H3,(H2,26,27)(H,29,35)/t17?,18-,19-,21+/m1/s1. The van der Waals surface area contributed by atoms with Crippen LogP contribution in [0.15, 0.2) is 30.7 Å². The zero-order valence-corrected chi connectivity index (χ0v) is 21.1. The van der Waals surface area contributed by atoms with Crippen LogP contribution in [-0.2, 0) is 27.8 Å². The van der Waals surface area contributed by atoms with E-state index in [1.807, 2.05) is 0 Å². The van der Waals surface area contributed by atoms with Gasteiger partial charge in [0, 0.05) is 51.3 Å². The highest BCUT2D eigenvalue weighted by atomic mass is 16.5. The Labute approximate surface area is 211 Å². The van der Waals surface area contributed by atoms with Crippen molar-refractivity contribution >= 4 is 29.6 Å². The van der Waals surface area contributed by atoms with E-state index in [2.05, 4.69) is 22.2 Å². The van der Waals surface area contributed by atoms with E-state index in [1.165, 1.54) is 4.90 Å². The zero-order valence-electron chi connectivity index (χ0n) is 21.1. The van der Waals surface area contributed by atoms with Gasteiger partial charge in [-0.15, -0.1) is 0 Å². The van der Waals surface area contributed by atoms with Gasteiger partial charge in [-0.25, -0.2) is 14.8 Å². The molecule has 4 atom stereocenters. The summed E-state index contributed by atoms with van der Waals surface area (Å²) in [4.78, 5) is 51.1. The Balaban J connectivity index is 1.57. The minimum atomic E-state index is -0.960. The Kier molecular flexibility index (Phi) is 7.88. The molecule has 2 fully saturated rings. The minimum absolute atomic E-state index is 0.127. The lowest BCUT2D eigenvalue weighted by molar-refractivity contribution is -0.156. The van der Waals surface area contributed by atoms with E-state index in [0.29, 0.717) is 18.4 Å². The zero-order chi connectivity index (χ0) is 25.8. The van der Waals surface area contributed by atoms with E-state index >= 15 is 0 Å². The summed E-state index contributed by atoms with van der Waals surface area (Å²) in [6.07, 6.45) is 8.71. The molecule has 0 spiro atoms. The van der Waals surface area contributed by atoms with Crippen LogP contribution >= 0.6 is 0 Å². The molecule has 3 N–H and O–H groups in total. The molecule has 2 saturated heterocycles. The summed E-state index contributed by atoms with van der Waals surface area (Å²) in [5.74, 6) is -0.521. The Morgan fingerprint density at radius 1 is 1.33 bits per heavy atom. The van der Waals surface area contributed by atoms with E-state index in [9.17, 15) is 14.4 Å². The number of ether oxygens (including phenoxy) is 1. The van der Waals surface area contributed by atoms with E-state index in [1.54, 1.807) is 49.4 Å². The number of rotatable bonds is 8. The predicted octanol–water partition coefficient (Wildman–Crippen LogP) is 1.73. The molecule has 2 aromatic rings. The number of urea groups is 1. The maximum absolute atomic E-state index is 13.7. The summed E-state index contributed by atoms with van der Waals surface area (Å²) < 4.78 is 7.34. The van der Waals surface area contributed by atoms with E-state index in [4.69, 9.17) is 10.5 Å². The van der Waals surface area contributed by atoms with Crippen molar-refractivity contribution in [3.8, 4) is 0 Å². The number of carbonyl (C=O) groups is 3. The van der Waals surface area contributed by atoms with Crippen LogP contribution in [-0.4, -0.2) is 69.6 Å². The number of hydrogen-bond acceptors (Lipinski definition) is 7. The van der Waals surface area contributed by atoms with Gasteiger partial charge in [0.15, 0.2) is 0 Å². The summed E-state index contributed by atoms with van der Waals surface area (Å²) in [5, 5.41) is 3.05. The lowest BCUT2D eigenvalue weighted by atomic mass is 9.81. The van der Waals surface area contributed by atoms with Crippen molar-refractivity contribution < 1.29 is 19.1 Å². The number of nitrogen functional groups attached to an aromatic ring is 1. The number of nitrogens with two attached hydrogens (primary N) is 1. The Bertz CT molecular complexity index is 1100. The molecule has 194 valence electrons. The van der Waals surface area contributed by atoms with Gasteiger partial charge < -0.3 is 20.4 Å². The van der Waals surface area contributed by atoms with Crippen LogP contribution < -0.4 is 16.0 Å². The number of imide groups is 1. The summed E-state index contributed by atoms with van der Waals surface area (Å²) in [6.45, 7) is 3.36. The fraction of sp³-hybridized carbons (Fsp3) is 0.560. The maximum atomic E-state index is 13.7. The van der Waals surface area contributed by atoms with Gasteiger partial charge in [0.25, 0.3) is 5.91 Å². The van der Waals surface area contributed by atoms with E-state index < -0.39 is 18.0 Å². The molecule has 36 heavy (non-hydrogen) atoms. The first-order valence-corrected chi connectivity index (χ1v) is 12.5. The van der Waals surface area contributed by atoms with E-state index in [0.717, 1.165) is 42.8 Å². The number of nitrogens with one attached hydrogen (secondary N) is 1. The van der Waals surface area contributed by atoms with Gasteiger partial charge in [-0.2, -0.15) is 0 Å². The maximum Gasteiger partial charge on any atom is 0.325 e. The SMILES string of the molecule is CCC[C@@H](NC(=O)N1C(=O)[C@H](Cc2ccnc(N)c2)[C@H]1C(=O)N(C)c1nccn1C)C1CCCOC1. The van der Waals surface area contributed by atoms with Crippen molar-refractivity contribution in [3.63, 3.8) is 0 Å². The molecular formula is C25H35N7O4. The fourth-order valence-corrected chi connectivity index (χ4v) is 5.16.